The van der Waals surface area contributed by atoms with Crippen molar-refractivity contribution in [2.45, 2.75) is 12.8 Å². The summed E-state index contributed by atoms with van der Waals surface area (Å²) in [6, 6.07) is 14.6. The van der Waals surface area contributed by atoms with Crippen molar-refractivity contribution < 1.29 is 4.52 Å². The Morgan fingerprint density at radius 2 is 1.93 bits per heavy atom. The molecule has 3 aromatic rings. The van der Waals surface area contributed by atoms with E-state index >= 15 is 0 Å². The molecular weight excluding hydrogens is 419 g/mol. The second-order valence-electron chi connectivity index (χ2n) is 6.32. The minimum Gasteiger partial charge on any atom is -0.384 e. The first-order valence-electron chi connectivity index (χ1n) is 8.29. The van der Waals surface area contributed by atoms with Gasteiger partial charge in [0.2, 0.25) is 5.88 Å². The lowest BCUT2D eigenvalue weighted by Crippen LogP contribution is -2.31. The first kappa shape index (κ1) is 18.7. The van der Waals surface area contributed by atoms with Crippen LogP contribution in [-0.2, 0) is 0 Å². The van der Waals surface area contributed by atoms with Crippen LogP contribution in [-0.4, -0.2) is 5.16 Å². The highest BCUT2D eigenvalue weighted by Gasteiger charge is 2.39. The van der Waals surface area contributed by atoms with E-state index in [9.17, 15) is 5.26 Å². The molecule has 0 saturated carbocycles. The average Bonchev–Trinajstić information content (AvgIpc) is 3.04. The largest absolute Gasteiger partial charge is 0.384 e. The van der Waals surface area contributed by atoms with Gasteiger partial charge in [0.25, 0.3) is 0 Å². The average molecular weight is 432 g/mol. The number of hydrogen-bond acceptors (Lipinski definition) is 5. The fourth-order valence-corrected chi connectivity index (χ4v) is 3.89. The Hall–Kier alpha value is -2.65. The summed E-state index contributed by atoms with van der Waals surface area (Å²) < 4.78 is 5.61. The maximum absolute atomic E-state index is 9.94. The van der Waals surface area contributed by atoms with E-state index in [1.165, 1.54) is 0 Å². The van der Waals surface area contributed by atoms with E-state index in [0.29, 0.717) is 37.9 Å². The Morgan fingerprint density at radius 1 is 1.14 bits per heavy atom. The van der Waals surface area contributed by atoms with Gasteiger partial charge in [0, 0.05) is 5.02 Å². The van der Waals surface area contributed by atoms with Crippen molar-refractivity contribution in [3.05, 3.63) is 85.7 Å². The number of halogens is 3. The number of nitrogens with two attached hydrogens (primary N) is 1. The molecule has 2 heterocycles. The number of allylic oxidation sites excluding steroid dienone is 1. The molecule has 1 aromatic heterocycles. The van der Waals surface area contributed by atoms with Gasteiger partial charge in [0.15, 0.2) is 0 Å². The summed E-state index contributed by atoms with van der Waals surface area (Å²) in [6.07, 6.45) is 0. The highest BCUT2D eigenvalue weighted by atomic mass is 35.5. The zero-order valence-electron chi connectivity index (χ0n) is 14.6. The molecule has 28 heavy (non-hydrogen) atoms. The molecule has 0 fully saturated rings. The minimum absolute atomic E-state index is 0.240. The van der Waals surface area contributed by atoms with Crippen LogP contribution in [0.3, 0.4) is 0 Å². The highest BCUT2D eigenvalue weighted by Crippen LogP contribution is 2.48. The van der Waals surface area contributed by atoms with Gasteiger partial charge in [-0.25, -0.2) is 0 Å². The van der Waals surface area contributed by atoms with Gasteiger partial charge in [-0.3, -0.25) is 4.90 Å². The third-order valence-corrected chi connectivity index (χ3v) is 5.62. The standard InChI is InChI=1S/C20H13Cl3N4O/c1-10-17-18(11-5-6-15(22)16(23)7-11)14(9-24)19(25)27(20(17)28-26-10)13-4-2-3-12(21)8-13/h2-8,18H,25H2,1H3. The lowest BCUT2D eigenvalue weighted by molar-refractivity contribution is 0.420. The Balaban J connectivity index is 1.98. The van der Waals surface area contributed by atoms with Crippen LogP contribution in [0.4, 0.5) is 11.6 Å². The van der Waals surface area contributed by atoms with Crippen molar-refractivity contribution in [3.63, 3.8) is 0 Å². The maximum Gasteiger partial charge on any atom is 0.241 e. The van der Waals surface area contributed by atoms with Crippen molar-refractivity contribution in [1.29, 1.82) is 5.26 Å². The molecule has 0 saturated heterocycles. The van der Waals surface area contributed by atoms with E-state index in [1.54, 1.807) is 35.2 Å². The normalized spacial score (nSPS) is 16.1. The summed E-state index contributed by atoms with van der Waals surface area (Å²) in [5.74, 6) is 0.202. The second-order valence-corrected chi connectivity index (χ2v) is 7.57. The fraction of sp³-hybridized carbons (Fsp3) is 0.100. The zero-order valence-corrected chi connectivity index (χ0v) is 16.8. The van der Waals surface area contributed by atoms with Crippen LogP contribution in [0, 0.1) is 18.3 Å². The van der Waals surface area contributed by atoms with Gasteiger partial charge in [-0.15, -0.1) is 0 Å². The first-order chi connectivity index (χ1) is 13.4. The third kappa shape index (κ3) is 2.91. The zero-order chi connectivity index (χ0) is 20.0. The molecule has 1 aliphatic heterocycles. The van der Waals surface area contributed by atoms with E-state index in [1.807, 2.05) is 19.1 Å². The summed E-state index contributed by atoms with van der Waals surface area (Å²) in [6.45, 7) is 1.82. The molecule has 1 unspecified atom stereocenters. The minimum atomic E-state index is -0.476. The number of hydrogen-bond donors (Lipinski definition) is 1. The number of nitriles is 1. The van der Waals surface area contributed by atoms with E-state index in [-0.39, 0.29) is 5.82 Å². The third-order valence-electron chi connectivity index (χ3n) is 4.65. The molecule has 0 aliphatic carbocycles. The van der Waals surface area contributed by atoms with Crippen LogP contribution in [0.2, 0.25) is 15.1 Å². The molecule has 0 radical (unpaired) electrons. The van der Waals surface area contributed by atoms with Crippen molar-refractivity contribution in [1.82, 2.24) is 5.16 Å². The number of fused-ring (bicyclic) bond motifs is 1. The van der Waals surface area contributed by atoms with Crippen molar-refractivity contribution in [2.75, 3.05) is 4.90 Å². The summed E-state index contributed by atoms with van der Waals surface area (Å²) in [7, 11) is 0. The van der Waals surface area contributed by atoms with E-state index in [0.717, 1.165) is 11.1 Å². The second kappa shape index (κ2) is 7.06. The van der Waals surface area contributed by atoms with Gasteiger partial charge in [-0.1, -0.05) is 52.1 Å². The molecule has 4 rings (SSSR count). The number of aromatic nitrogens is 1. The SMILES string of the molecule is Cc1noc2c1C(c1ccc(Cl)c(Cl)c1)C(C#N)=C(N)N2c1cccc(Cl)c1. The molecule has 2 aromatic carbocycles. The molecular formula is C20H13Cl3N4O. The van der Waals surface area contributed by atoms with Crippen molar-refractivity contribution >= 4 is 46.4 Å². The van der Waals surface area contributed by atoms with Gasteiger partial charge >= 0.3 is 0 Å². The smallest absolute Gasteiger partial charge is 0.241 e. The molecule has 0 spiro atoms. The number of aryl methyl sites for hydroxylation is 1. The molecule has 1 atom stereocenters. The molecule has 2 N–H and O–H groups in total. The number of nitrogens with zero attached hydrogens (tertiary/aromatic N) is 3. The van der Waals surface area contributed by atoms with Crippen LogP contribution >= 0.6 is 34.8 Å². The predicted molar refractivity (Wildman–Crippen MR) is 110 cm³/mol. The fourth-order valence-electron chi connectivity index (χ4n) is 3.40. The molecule has 5 nitrogen and oxygen atoms in total. The molecule has 0 bridgehead atoms. The molecule has 140 valence electrons. The highest BCUT2D eigenvalue weighted by molar-refractivity contribution is 6.42. The van der Waals surface area contributed by atoms with Gasteiger partial charge in [0.1, 0.15) is 5.82 Å². The Labute approximate surface area is 176 Å². The van der Waals surface area contributed by atoms with Crippen LogP contribution < -0.4 is 10.6 Å². The van der Waals surface area contributed by atoms with Crippen LogP contribution in [0.15, 0.2) is 58.4 Å². The summed E-state index contributed by atoms with van der Waals surface area (Å²) >= 11 is 18.4. The molecule has 1 aliphatic rings. The Bertz CT molecular complexity index is 1160. The van der Waals surface area contributed by atoms with Gasteiger partial charge in [-0.2, -0.15) is 5.26 Å². The van der Waals surface area contributed by atoms with Crippen LogP contribution in [0.25, 0.3) is 0 Å². The topological polar surface area (TPSA) is 79.1 Å². The molecule has 0 amide bonds. The monoisotopic (exact) mass is 430 g/mol. The lowest BCUT2D eigenvalue weighted by Gasteiger charge is -2.32. The lowest BCUT2D eigenvalue weighted by atomic mass is 9.82. The van der Waals surface area contributed by atoms with Gasteiger partial charge in [-0.05, 0) is 42.8 Å². The van der Waals surface area contributed by atoms with Gasteiger partial charge < -0.3 is 10.3 Å². The Morgan fingerprint density at radius 3 is 2.61 bits per heavy atom. The van der Waals surface area contributed by atoms with E-state index in [2.05, 4.69) is 11.2 Å². The number of anilines is 2. The first-order valence-corrected chi connectivity index (χ1v) is 9.42. The number of benzene rings is 2. The van der Waals surface area contributed by atoms with Crippen molar-refractivity contribution in [2.24, 2.45) is 5.73 Å². The predicted octanol–water partition coefficient (Wildman–Crippen LogP) is 5.92. The van der Waals surface area contributed by atoms with E-state index in [4.69, 9.17) is 45.1 Å². The van der Waals surface area contributed by atoms with E-state index < -0.39 is 5.92 Å². The van der Waals surface area contributed by atoms with Crippen LogP contribution in [0.5, 0.6) is 0 Å². The molecule has 8 heteroatoms. The summed E-state index contributed by atoms with van der Waals surface area (Å²) in [5.41, 5.74) is 9.62. The Kier molecular flexibility index (Phi) is 4.72. The van der Waals surface area contributed by atoms with Crippen LogP contribution in [0.1, 0.15) is 22.7 Å². The number of rotatable bonds is 2. The maximum atomic E-state index is 9.94. The quantitative estimate of drug-likeness (QED) is 0.545. The summed E-state index contributed by atoms with van der Waals surface area (Å²) in [4.78, 5) is 1.65. The van der Waals surface area contributed by atoms with Gasteiger partial charge in [0.05, 0.1) is 44.6 Å². The summed E-state index contributed by atoms with van der Waals surface area (Å²) in [5, 5.41) is 15.4. The van der Waals surface area contributed by atoms with Crippen molar-refractivity contribution in [3.8, 4) is 6.07 Å².